The molecule has 0 saturated carbocycles. The zero-order valence-corrected chi connectivity index (χ0v) is 12.4. The second kappa shape index (κ2) is 5.82. The molecule has 3 nitrogen and oxygen atoms in total. The van der Waals surface area contributed by atoms with Gasteiger partial charge in [0.25, 0.3) is 5.91 Å². The van der Waals surface area contributed by atoms with E-state index in [4.69, 9.17) is 28.9 Å². The van der Waals surface area contributed by atoms with Gasteiger partial charge in [0.15, 0.2) is 0 Å². The van der Waals surface area contributed by atoms with Crippen molar-refractivity contribution in [2.75, 3.05) is 5.73 Å². The lowest BCUT2D eigenvalue weighted by molar-refractivity contribution is 0.0940. The molecule has 0 aliphatic heterocycles. The van der Waals surface area contributed by atoms with E-state index in [2.05, 4.69) is 5.32 Å². The van der Waals surface area contributed by atoms with E-state index in [0.717, 1.165) is 4.88 Å². The number of hydrogen-bond acceptors (Lipinski definition) is 3. The standard InChI is InChI=1S/C13H12Cl2N2OS/c1-7(11-4-5-12(15)19-11)17-13(18)9-3-2-8(16)6-10(9)14/h2-7H,16H2,1H3,(H,17,18). The number of thiophene rings is 1. The zero-order valence-electron chi connectivity index (χ0n) is 10.1. The minimum Gasteiger partial charge on any atom is -0.399 e. The number of nitrogens with two attached hydrogens (primary N) is 1. The van der Waals surface area contributed by atoms with E-state index >= 15 is 0 Å². The van der Waals surface area contributed by atoms with Crippen molar-refractivity contribution >= 4 is 46.1 Å². The largest absolute Gasteiger partial charge is 0.399 e. The highest BCUT2D eigenvalue weighted by Crippen LogP contribution is 2.27. The van der Waals surface area contributed by atoms with Crippen LogP contribution < -0.4 is 11.1 Å². The van der Waals surface area contributed by atoms with Gasteiger partial charge in [-0.1, -0.05) is 23.2 Å². The predicted octanol–water partition coefficient (Wildman–Crippen LogP) is 4.13. The van der Waals surface area contributed by atoms with Gasteiger partial charge in [0.05, 0.1) is 21.0 Å². The molecular weight excluding hydrogens is 303 g/mol. The summed E-state index contributed by atoms with van der Waals surface area (Å²) in [6, 6.07) is 8.39. The predicted molar refractivity (Wildman–Crippen MR) is 81.1 cm³/mol. The van der Waals surface area contributed by atoms with Crippen LogP contribution in [0.4, 0.5) is 5.69 Å². The summed E-state index contributed by atoms with van der Waals surface area (Å²) in [7, 11) is 0. The van der Waals surface area contributed by atoms with Gasteiger partial charge >= 0.3 is 0 Å². The van der Waals surface area contributed by atoms with Crippen molar-refractivity contribution in [3.05, 3.63) is 50.1 Å². The van der Waals surface area contributed by atoms with Crippen LogP contribution in [0.25, 0.3) is 0 Å². The van der Waals surface area contributed by atoms with Crippen molar-refractivity contribution in [3.8, 4) is 0 Å². The number of carbonyl (C=O) groups excluding carboxylic acids is 1. The molecule has 1 amide bonds. The summed E-state index contributed by atoms with van der Waals surface area (Å²) in [4.78, 5) is 13.1. The van der Waals surface area contributed by atoms with Crippen LogP contribution in [0.5, 0.6) is 0 Å². The average molecular weight is 315 g/mol. The molecule has 0 radical (unpaired) electrons. The van der Waals surface area contributed by atoms with Crippen LogP contribution in [0.2, 0.25) is 9.36 Å². The molecule has 0 saturated heterocycles. The van der Waals surface area contributed by atoms with E-state index in [0.29, 0.717) is 20.6 Å². The molecule has 100 valence electrons. The van der Waals surface area contributed by atoms with Gasteiger partial charge in [-0.05, 0) is 37.3 Å². The van der Waals surface area contributed by atoms with Gasteiger partial charge in [0.2, 0.25) is 0 Å². The van der Waals surface area contributed by atoms with Crippen LogP contribution in [-0.2, 0) is 0 Å². The maximum Gasteiger partial charge on any atom is 0.253 e. The average Bonchev–Trinajstić information content (AvgIpc) is 2.75. The minimum absolute atomic E-state index is 0.126. The fourth-order valence-corrected chi connectivity index (χ4v) is 2.96. The third-order valence-corrected chi connectivity index (χ3v) is 4.33. The Morgan fingerprint density at radius 1 is 1.32 bits per heavy atom. The van der Waals surface area contributed by atoms with Gasteiger partial charge in [-0.2, -0.15) is 0 Å². The third kappa shape index (κ3) is 3.41. The summed E-state index contributed by atoms with van der Waals surface area (Å²) in [5.74, 6) is -0.234. The first-order chi connectivity index (χ1) is 8.97. The number of benzene rings is 1. The lowest BCUT2D eigenvalue weighted by Crippen LogP contribution is -2.26. The molecule has 0 aliphatic rings. The highest BCUT2D eigenvalue weighted by molar-refractivity contribution is 7.16. The Kier molecular flexibility index (Phi) is 4.34. The van der Waals surface area contributed by atoms with Crippen molar-refractivity contribution in [2.24, 2.45) is 0 Å². The van der Waals surface area contributed by atoms with Gasteiger partial charge in [0, 0.05) is 10.6 Å². The third-order valence-electron chi connectivity index (χ3n) is 2.61. The number of carbonyl (C=O) groups is 1. The highest BCUT2D eigenvalue weighted by atomic mass is 35.5. The molecule has 1 aromatic carbocycles. The number of rotatable bonds is 3. The highest BCUT2D eigenvalue weighted by Gasteiger charge is 2.15. The molecular formula is C13H12Cl2N2OS. The monoisotopic (exact) mass is 314 g/mol. The number of halogens is 2. The summed E-state index contributed by atoms with van der Waals surface area (Å²) in [5, 5.41) is 3.22. The Morgan fingerprint density at radius 3 is 2.63 bits per heavy atom. The summed E-state index contributed by atoms with van der Waals surface area (Å²) in [6.45, 7) is 1.89. The zero-order chi connectivity index (χ0) is 14.0. The van der Waals surface area contributed by atoms with Crippen LogP contribution in [0.15, 0.2) is 30.3 Å². The van der Waals surface area contributed by atoms with Crippen molar-refractivity contribution in [1.82, 2.24) is 5.32 Å². The second-order valence-electron chi connectivity index (χ2n) is 4.08. The van der Waals surface area contributed by atoms with Gasteiger partial charge in [-0.3, -0.25) is 4.79 Å². The molecule has 2 aromatic rings. The van der Waals surface area contributed by atoms with Gasteiger partial charge in [0.1, 0.15) is 0 Å². The molecule has 0 spiro atoms. The van der Waals surface area contributed by atoms with Crippen LogP contribution in [-0.4, -0.2) is 5.91 Å². The Labute approximate surface area is 125 Å². The van der Waals surface area contributed by atoms with Crippen LogP contribution >= 0.6 is 34.5 Å². The van der Waals surface area contributed by atoms with E-state index in [9.17, 15) is 4.79 Å². The Balaban J connectivity index is 2.12. The van der Waals surface area contributed by atoms with Crippen molar-refractivity contribution < 1.29 is 4.79 Å². The molecule has 3 N–H and O–H groups in total. The molecule has 19 heavy (non-hydrogen) atoms. The summed E-state index contributed by atoms with van der Waals surface area (Å²) in [6.07, 6.45) is 0. The summed E-state index contributed by atoms with van der Waals surface area (Å²) in [5.41, 5.74) is 6.53. The number of anilines is 1. The van der Waals surface area contributed by atoms with E-state index in [1.54, 1.807) is 24.3 Å². The van der Waals surface area contributed by atoms with Crippen molar-refractivity contribution in [3.63, 3.8) is 0 Å². The van der Waals surface area contributed by atoms with Crippen molar-refractivity contribution in [2.45, 2.75) is 13.0 Å². The maximum atomic E-state index is 12.1. The Hall–Kier alpha value is -1.23. The van der Waals surface area contributed by atoms with E-state index in [-0.39, 0.29) is 11.9 Å². The van der Waals surface area contributed by atoms with Crippen LogP contribution in [0.3, 0.4) is 0 Å². The molecule has 1 aromatic heterocycles. The second-order valence-corrected chi connectivity index (χ2v) is 6.23. The fraction of sp³-hybridized carbons (Fsp3) is 0.154. The van der Waals surface area contributed by atoms with E-state index in [1.165, 1.54) is 11.3 Å². The quantitative estimate of drug-likeness (QED) is 0.837. The molecule has 0 bridgehead atoms. The number of hydrogen-bond donors (Lipinski definition) is 2. The molecule has 1 atom stereocenters. The van der Waals surface area contributed by atoms with Crippen LogP contribution in [0.1, 0.15) is 28.2 Å². The van der Waals surface area contributed by atoms with Crippen LogP contribution in [0, 0.1) is 0 Å². The number of nitrogen functional groups attached to an aromatic ring is 1. The van der Waals surface area contributed by atoms with E-state index in [1.807, 2.05) is 13.0 Å². The molecule has 0 fully saturated rings. The Morgan fingerprint density at radius 2 is 2.05 bits per heavy atom. The molecule has 1 unspecified atom stereocenters. The minimum atomic E-state index is -0.234. The SMILES string of the molecule is CC(NC(=O)c1ccc(N)cc1Cl)c1ccc(Cl)s1. The topological polar surface area (TPSA) is 55.1 Å². The normalized spacial score (nSPS) is 12.2. The first kappa shape index (κ1) is 14.2. The molecule has 1 heterocycles. The smallest absolute Gasteiger partial charge is 0.253 e. The van der Waals surface area contributed by atoms with E-state index < -0.39 is 0 Å². The number of amides is 1. The maximum absolute atomic E-state index is 12.1. The molecule has 6 heteroatoms. The molecule has 2 rings (SSSR count). The lowest BCUT2D eigenvalue weighted by Gasteiger charge is -2.13. The number of nitrogens with one attached hydrogen (secondary N) is 1. The summed E-state index contributed by atoms with van der Waals surface area (Å²) < 4.78 is 0.696. The fourth-order valence-electron chi connectivity index (χ4n) is 1.62. The first-order valence-corrected chi connectivity index (χ1v) is 7.15. The van der Waals surface area contributed by atoms with Crippen molar-refractivity contribution in [1.29, 1.82) is 0 Å². The lowest BCUT2D eigenvalue weighted by atomic mass is 10.1. The van der Waals surface area contributed by atoms with Gasteiger partial charge < -0.3 is 11.1 Å². The molecule has 0 aliphatic carbocycles. The first-order valence-electron chi connectivity index (χ1n) is 5.58. The Bertz CT molecular complexity index is 612. The van der Waals surface area contributed by atoms with Gasteiger partial charge in [-0.25, -0.2) is 0 Å². The summed E-state index contributed by atoms with van der Waals surface area (Å²) >= 11 is 13.3. The van der Waals surface area contributed by atoms with Gasteiger partial charge in [-0.15, -0.1) is 11.3 Å².